The Morgan fingerprint density at radius 1 is 0.892 bits per heavy atom. The highest BCUT2D eigenvalue weighted by Crippen LogP contribution is 2.34. The first kappa shape index (κ1) is 25.3. The van der Waals surface area contributed by atoms with Crippen molar-refractivity contribution in [1.82, 2.24) is 0 Å². The summed E-state index contributed by atoms with van der Waals surface area (Å²) in [5.74, 6) is -12.8. The number of carbonyl (C=O) groups excluding carboxylic acids is 4. The summed E-state index contributed by atoms with van der Waals surface area (Å²) in [5, 5.41) is 12.8. The van der Waals surface area contributed by atoms with Crippen LogP contribution >= 0.6 is 0 Å². The zero-order valence-electron chi connectivity index (χ0n) is 18.8. The summed E-state index contributed by atoms with van der Waals surface area (Å²) in [6.07, 6.45) is 0.656. The van der Waals surface area contributed by atoms with Crippen molar-refractivity contribution >= 4 is 29.0 Å². The highest BCUT2D eigenvalue weighted by molar-refractivity contribution is 6.29. The van der Waals surface area contributed by atoms with Crippen molar-refractivity contribution in [2.45, 2.75) is 6.92 Å². The van der Waals surface area contributed by atoms with Gasteiger partial charge >= 0.3 is 5.97 Å². The number of aromatic hydroxyl groups is 1. The smallest absolute Gasteiger partial charge is 0.343 e. The van der Waals surface area contributed by atoms with Crippen molar-refractivity contribution in [3.63, 3.8) is 0 Å². The number of benzene rings is 3. The van der Waals surface area contributed by atoms with Crippen LogP contribution in [-0.2, 0) is 9.53 Å². The Bertz CT molecular complexity index is 1550. The lowest BCUT2D eigenvalue weighted by molar-refractivity contribution is -0.138. The monoisotopic (exact) mass is 513 g/mol. The molecule has 1 aliphatic carbocycles. The zero-order chi connectivity index (χ0) is 27.0. The average Bonchev–Trinajstić information content (AvgIpc) is 2.88. The Kier molecular flexibility index (Phi) is 6.62. The highest BCUT2D eigenvalue weighted by Gasteiger charge is 2.31. The van der Waals surface area contributed by atoms with E-state index in [0.717, 1.165) is 12.1 Å². The van der Waals surface area contributed by atoms with E-state index in [1.54, 1.807) is 12.1 Å². The van der Waals surface area contributed by atoms with E-state index in [9.17, 15) is 41.8 Å². The lowest BCUT2D eigenvalue weighted by Crippen LogP contribution is -2.21. The standard InChI is InChI=1S/C26H15F4NO6/c1-2-37-26(36)16(25(35)15-7-17(27)21(29)22(30)20(15)28)10-31-18-8-13-14(9-19(18)32)24(34)12-6-4-3-5-11(12)23(13)33/h3-10,31-32H,2H2,1H3/b16-10-. The lowest BCUT2D eigenvalue weighted by Gasteiger charge is -2.19. The number of phenols is 1. The summed E-state index contributed by atoms with van der Waals surface area (Å²) >= 11 is 0. The van der Waals surface area contributed by atoms with Crippen molar-refractivity contribution in [3.8, 4) is 5.75 Å². The molecule has 2 N–H and O–H groups in total. The molecular weight excluding hydrogens is 498 g/mol. The van der Waals surface area contributed by atoms with Gasteiger partial charge in [-0.3, -0.25) is 14.4 Å². The van der Waals surface area contributed by atoms with Crippen LogP contribution in [0.5, 0.6) is 5.75 Å². The fraction of sp³-hybridized carbons (Fsp3) is 0.0769. The number of rotatable bonds is 6. The summed E-state index contributed by atoms with van der Waals surface area (Å²) in [6, 6.07) is 8.24. The molecule has 0 fully saturated rings. The second-order valence-corrected chi connectivity index (χ2v) is 7.72. The SMILES string of the molecule is CCOC(=O)/C(=C\Nc1cc2c(cc1O)C(=O)c1ccccc1C2=O)C(=O)c1cc(F)c(F)c(F)c1F. The third-order valence-electron chi connectivity index (χ3n) is 5.50. The summed E-state index contributed by atoms with van der Waals surface area (Å²) in [5.41, 5.74) is -2.39. The van der Waals surface area contributed by atoms with Crippen molar-refractivity contribution in [1.29, 1.82) is 0 Å². The number of nitrogens with one attached hydrogen (secondary N) is 1. The van der Waals surface area contributed by atoms with Crippen molar-refractivity contribution < 1.29 is 46.6 Å². The van der Waals surface area contributed by atoms with Crippen LogP contribution in [-0.4, -0.2) is 35.0 Å². The minimum Gasteiger partial charge on any atom is -0.506 e. The third kappa shape index (κ3) is 4.35. The van der Waals surface area contributed by atoms with E-state index >= 15 is 0 Å². The number of Topliss-reactive ketones (excluding diaryl/α,β-unsaturated/α-hetero) is 1. The first-order valence-electron chi connectivity index (χ1n) is 10.6. The second kappa shape index (κ2) is 9.69. The van der Waals surface area contributed by atoms with Gasteiger partial charge in [-0.05, 0) is 25.1 Å². The summed E-state index contributed by atoms with van der Waals surface area (Å²) in [7, 11) is 0. The zero-order valence-corrected chi connectivity index (χ0v) is 18.8. The highest BCUT2D eigenvalue weighted by atomic mass is 19.2. The molecule has 0 saturated heterocycles. The van der Waals surface area contributed by atoms with Gasteiger partial charge in [-0.15, -0.1) is 0 Å². The maximum Gasteiger partial charge on any atom is 0.343 e. The minimum atomic E-state index is -2.25. The molecular formula is C26H15F4NO6. The fourth-order valence-corrected chi connectivity index (χ4v) is 3.71. The topological polar surface area (TPSA) is 110 Å². The number of hydrogen-bond acceptors (Lipinski definition) is 7. The number of halogens is 4. The second-order valence-electron chi connectivity index (χ2n) is 7.72. The van der Waals surface area contributed by atoms with Crippen LogP contribution in [0.3, 0.4) is 0 Å². The van der Waals surface area contributed by atoms with Gasteiger partial charge in [0.2, 0.25) is 5.78 Å². The van der Waals surface area contributed by atoms with E-state index in [0.29, 0.717) is 6.20 Å². The molecule has 3 aromatic rings. The Labute approximate surface area is 206 Å². The first-order chi connectivity index (χ1) is 17.6. The van der Waals surface area contributed by atoms with Crippen LogP contribution < -0.4 is 5.32 Å². The normalized spacial score (nSPS) is 12.6. The van der Waals surface area contributed by atoms with Crippen LogP contribution in [0.15, 0.2) is 54.2 Å². The van der Waals surface area contributed by atoms with Gasteiger partial charge < -0.3 is 15.2 Å². The number of hydrogen-bond donors (Lipinski definition) is 2. The van der Waals surface area contributed by atoms with E-state index in [1.807, 2.05) is 0 Å². The molecule has 0 aliphatic heterocycles. The Morgan fingerprint density at radius 2 is 1.49 bits per heavy atom. The molecule has 188 valence electrons. The molecule has 0 atom stereocenters. The largest absolute Gasteiger partial charge is 0.506 e. The Hall–Kier alpha value is -4.80. The third-order valence-corrected chi connectivity index (χ3v) is 5.50. The van der Waals surface area contributed by atoms with E-state index < -0.39 is 63.5 Å². The average molecular weight is 513 g/mol. The molecule has 0 amide bonds. The Morgan fingerprint density at radius 3 is 2.08 bits per heavy atom. The van der Waals surface area contributed by atoms with Crippen LogP contribution in [0, 0.1) is 23.3 Å². The molecule has 7 nitrogen and oxygen atoms in total. The molecule has 0 aromatic heterocycles. The van der Waals surface area contributed by atoms with E-state index in [1.165, 1.54) is 19.1 Å². The predicted molar refractivity (Wildman–Crippen MR) is 120 cm³/mol. The van der Waals surface area contributed by atoms with Crippen molar-refractivity contribution in [2.24, 2.45) is 0 Å². The number of ether oxygens (including phenoxy) is 1. The number of phenolic OH excluding ortho intramolecular Hbond substituents is 1. The van der Waals surface area contributed by atoms with Crippen LogP contribution in [0.25, 0.3) is 0 Å². The van der Waals surface area contributed by atoms with Crippen LogP contribution in [0.4, 0.5) is 23.2 Å². The van der Waals surface area contributed by atoms with Crippen LogP contribution in [0.2, 0.25) is 0 Å². The Balaban J connectivity index is 1.76. The molecule has 37 heavy (non-hydrogen) atoms. The van der Waals surface area contributed by atoms with Gasteiger partial charge in [0.25, 0.3) is 0 Å². The van der Waals surface area contributed by atoms with Crippen LogP contribution in [0.1, 0.15) is 49.1 Å². The lowest BCUT2D eigenvalue weighted by atomic mass is 9.83. The number of fused-ring (bicyclic) bond motifs is 2. The number of ketones is 3. The summed E-state index contributed by atoms with van der Waals surface area (Å²) in [6.45, 7) is 1.15. The maximum absolute atomic E-state index is 14.2. The molecule has 0 heterocycles. The molecule has 0 radical (unpaired) electrons. The van der Waals surface area contributed by atoms with Gasteiger partial charge in [0.05, 0.1) is 17.9 Å². The van der Waals surface area contributed by atoms with Gasteiger partial charge in [-0.25, -0.2) is 22.4 Å². The summed E-state index contributed by atoms with van der Waals surface area (Å²) < 4.78 is 59.6. The van der Waals surface area contributed by atoms with Gasteiger partial charge in [-0.2, -0.15) is 0 Å². The number of anilines is 1. The molecule has 0 spiro atoms. The summed E-state index contributed by atoms with van der Waals surface area (Å²) in [4.78, 5) is 50.9. The van der Waals surface area contributed by atoms with Gasteiger partial charge in [-0.1, -0.05) is 24.3 Å². The minimum absolute atomic E-state index is 0.0846. The van der Waals surface area contributed by atoms with Crippen molar-refractivity contribution in [3.05, 3.63) is 105 Å². The maximum atomic E-state index is 14.2. The molecule has 4 rings (SSSR count). The molecule has 0 saturated carbocycles. The first-order valence-corrected chi connectivity index (χ1v) is 10.6. The van der Waals surface area contributed by atoms with E-state index in [2.05, 4.69) is 5.32 Å². The number of esters is 1. The molecule has 3 aromatic carbocycles. The molecule has 0 unspecified atom stereocenters. The predicted octanol–water partition coefficient (Wildman–Crippen LogP) is 4.47. The van der Waals surface area contributed by atoms with Gasteiger partial charge in [0.15, 0.2) is 34.8 Å². The van der Waals surface area contributed by atoms with Gasteiger partial charge in [0, 0.05) is 28.5 Å². The van der Waals surface area contributed by atoms with E-state index in [-0.39, 0.29) is 40.6 Å². The van der Waals surface area contributed by atoms with Gasteiger partial charge in [0.1, 0.15) is 11.3 Å². The molecule has 0 bridgehead atoms. The molecule has 1 aliphatic rings. The van der Waals surface area contributed by atoms with E-state index in [4.69, 9.17) is 4.74 Å². The molecule has 11 heteroatoms. The number of carbonyl (C=O) groups is 4. The fourth-order valence-electron chi connectivity index (χ4n) is 3.71. The van der Waals surface area contributed by atoms with Crippen molar-refractivity contribution in [2.75, 3.05) is 11.9 Å². The quantitative estimate of drug-likeness (QED) is 0.0451.